The number of carbonyl (C=O) groups is 2. The molecule has 0 fully saturated rings. The number of nitrogens with zero attached hydrogens (tertiary/aromatic N) is 1. The summed E-state index contributed by atoms with van der Waals surface area (Å²) < 4.78 is 4.48. The first-order valence-corrected chi connectivity index (χ1v) is 5.27. The summed E-state index contributed by atoms with van der Waals surface area (Å²) in [6.45, 7) is 0. The van der Waals surface area contributed by atoms with E-state index in [9.17, 15) is 9.59 Å². The van der Waals surface area contributed by atoms with Crippen molar-refractivity contribution in [3.8, 4) is 6.07 Å². The maximum atomic E-state index is 11.7. The zero-order valence-electron chi connectivity index (χ0n) is 9.60. The number of Topliss-reactive ketones (excluding diaryl/α,β-unsaturated/α-hetero) is 1. The molecule has 0 saturated heterocycles. The lowest BCUT2D eigenvalue weighted by Crippen LogP contribution is -2.03. The second-order valence-corrected chi connectivity index (χ2v) is 3.55. The molecule has 0 saturated carbocycles. The minimum atomic E-state index is -0.316. The van der Waals surface area contributed by atoms with Gasteiger partial charge in [0.2, 0.25) is 0 Å². The van der Waals surface area contributed by atoms with Gasteiger partial charge in [0, 0.05) is 18.4 Å². The molecule has 0 amide bonds. The first kappa shape index (κ1) is 12.9. The molecular formula is C13H13NO3. The molecule has 1 rings (SSSR count). The highest BCUT2D eigenvalue weighted by Crippen LogP contribution is 2.09. The van der Waals surface area contributed by atoms with Gasteiger partial charge in [-0.1, -0.05) is 12.1 Å². The van der Waals surface area contributed by atoms with Crippen LogP contribution in [-0.4, -0.2) is 18.9 Å². The normalized spacial score (nSPS) is 9.41. The molecule has 0 spiro atoms. The first-order chi connectivity index (χ1) is 8.17. The van der Waals surface area contributed by atoms with E-state index in [1.807, 2.05) is 6.07 Å². The van der Waals surface area contributed by atoms with Gasteiger partial charge in [-0.15, -0.1) is 0 Å². The van der Waals surface area contributed by atoms with Crippen LogP contribution in [0.5, 0.6) is 0 Å². The van der Waals surface area contributed by atoms with Crippen molar-refractivity contribution in [2.45, 2.75) is 19.3 Å². The second kappa shape index (κ2) is 6.44. The van der Waals surface area contributed by atoms with Gasteiger partial charge in [-0.25, -0.2) is 0 Å². The molecule has 0 aromatic heterocycles. The van der Waals surface area contributed by atoms with Gasteiger partial charge in [-0.3, -0.25) is 9.59 Å². The quantitative estimate of drug-likeness (QED) is 0.574. The van der Waals surface area contributed by atoms with Gasteiger partial charge in [-0.05, 0) is 18.6 Å². The average Bonchev–Trinajstić information content (AvgIpc) is 2.38. The van der Waals surface area contributed by atoms with Gasteiger partial charge in [0.1, 0.15) is 0 Å². The molecule has 0 unspecified atom stereocenters. The molecule has 0 radical (unpaired) electrons. The highest BCUT2D eigenvalue weighted by molar-refractivity contribution is 5.96. The lowest BCUT2D eigenvalue weighted by atomic mass is 10.0. The van der Waals surface area contributed by atoms with Crippen molar-refractivity contribution in [2.24, 2.45) is 0 Å². The monoisotopic (exact) mass is 231 g/mol. The minimum Gasteiger partial charge on any atom is -0.469 e. The lowest BCUT2D eigenvalue weighted by Gasteiger charge is -2.01. The Bertz CT molecular complexity index is 460. The van der Waals surface area contributed by atoms with Crippen molar-refractivity contribution in [2.75, 3.05) is 7.11 Å². The SMILES string of the molecule is COC(=O)CCCC(=O)c1cccc(C#N)c1. The van der Waals surface area contributed by atoms with Gasteiger partial charge in [0.05, 0.1) is 18.7 Å². The van der Waals surface area contributed by atoms with Gasteiger partial charge in [-0.2, -0.15) is 5.26 Å². The zero-order chi connectivity index (χ0) is 12.7. The second-order valence-electron chi connectivity index (χ2n) is 3.55. The van der Waals surface area contributed by atoms with Crippen molar-refractivity contribution in [1.29, 1.82) is 5.26 Å². The third-order valence-electron chi connectivity index (χ3n) is 2.33. The van der Waals surface area contributed by atoms with Crippen LogP contribution in [0.2, 0.25) is 0 Å². The average molecular weight is 231 g/mol. The van der Waals surface area contributed by atoms with Crippen molar-refractivity contribution in [3.05, 3.63) is 35.4 Å². The van der Waals surface area contributed by atoms with Crippen LogP contribution in [0.15, 0.2) is 24.3 Å². The number of hydrogen-bond donors (Lipinski definition) is 0. The van der Waals surface area contributed by atoms with E-state index >= 15 is 0 Å². The third kappa shape index (κ3) is 4.07. The molecule has 4 nitrogen and oxygen atoms in total. The topological polar surface area (TPSA) is 67.2 Å². The fourth-order valence-electron chi connectivity index (χ4n) is 1.40. The van der Waals surface area contributed by atoms with Crippen LogP contribution < -0.4 is 0 Å². The molecule has 0 aliphatic heterocycles. The minimum absolute atomic E-state index is 0.0639. The van der Waals surface area contributed by atoms with Crippen molar-refractivity contribution < 1.29 is 14.3 Å². The molecule has 1 aromatic rings. The number of ketones is 1. The number of methoxy groups -OCH3 is 1. The molecule has 0 bridgehead atoms. The Labute approximate surface area is 99.8 Å². The van der Waals surface area contributed by atoms with Gasteiger partial charge in [0.25, 0.3) is 0 Å². The Morgan fingerprint density at radius 3 is 2.76 bits per heavy atom. The van der Waals surface area contributed by atoms with Crippen LogP contribution in [-0.2, 0) is 9.53 Å². The summed E-state index contributed by atoms with van der Waals surface area (Å²) in [5.41, 5.74) is 0.970. The number of hydrogen-bond acceptors (Lipinski definition) is 4. The summed E-state index contributed by atoms with van der Waals surface area (Å²) in [6, 6.07) is 8.52. The maximum Gasteiger partial charge on any atom is 0.305 e. The smallest absolute Gasteiger partial charge is 0.305 e. The Kier molecular flexibility index (Phi) is 4.89. The van der Waals surface area contributed by atoms with Crippen LogP contribution in [0.25, 0.3) is 0 Å². The van der Waals surface area contributed by atoms with Crippen molar-refractivity contribution >= 4 is 11.8 Å². The lowest BCUT2D eigenvalue weighted by molar-refractivity contribution is -0.140. The zero-order valence-corrected chi connectivity index (χ0v) is 9.60. The summed E-state index contributed by atoms with van der Waals surface area (Å²) in [6.07, 6.45) is 0.979. The molecule has 17 heavy (non-hydrogen) atoms. The van der Waals surface area contributed by atoms with Gasteiger partial charge >= 0.3 is 5.97 Å². The fraction of sp³-hybridized carbons (Fsp3) is 0.308. The summed E-state index contributed by atoms with van der Waals surface area (Å²) in [5, 5.41) is 8.70. The third-order valence-corrected chi connectivity index (χ3v) is 2.33. The Morgan fingerprint density at radius 2 is 2.12 bits per heavy atom. The first-order valence-electron chi connectivity index (χ1n) is 5.27. The maximum absolute atomic E-state index is 11.7. The number of rotatable bonds is 5. The fourth-order valence-corrected chi connectivity index (χ4v) is 1.40. The van der Waals surface area contributed by atoms with Crippen molar-refractivity contribution in [3.63, 3.8) is 0 Å². The summed E-state index contributed by atoms with van der Waals surface area (Å²) >= 11 is 0. The number of esters is 1. The van der Waals surface area contributed by atoms with E-state index in [-0.39, 0.29) is 24.6 Å². The van der Waals surface area contributed by atoms with Crippen molar-refractivity contribution in [1.82, 2.24) is 0 Å². The van der Waals surface area contributed by atoms with Crippen LogP contribution >= 0.6 is 0 Å². The molecule has 0 aliphatic carbocycles. The molecule has 0 aliphatic rings. The predicted octanol–water partition coefficient (Wildman–Crippen LogP) is 2.08. The molecule has 4 heteroatoms. The van der Waals surface area contributed by atoms with E-state index in [1.54, 1.807) is 24.3 Å². The largest absolute Gasteiger partial charge is 0.469 e. The number of nitriles is 1. The summed E-state index contributed by atoms with van der Waals surface area (Å²) in [7, 11) is 1.32. The van der Waals surface area contributed by atoms with E-state index in [2.05, 4.69) is 4.74 Å². The van der Waals surface area contributed by atoms with Crippen LogP contribution in [0.4, 0.5) is 0 Å². The highest BCUT2D eigenvalue weighted by atomic mass is 16.5. The van der Waals surface area contributed by atoms with Crippen LogP contribution in [0, 0.1) is 11.3 Å². The summed E-state index contributed by atoms with van der Waals surface area (Å²) in [4.78, 5) is 22.6. The van der Waals surface area contributed by atoms with E-state index in [1.165, 1.54) is 7.11 Å². The van der Waals surface area contributed by atoms with E-state index in [0.717, 1.165) is 0 Å². The summed E-state index contributed by atoms with van der Waals surface area (Å²) in [5.74, 6) is -0.380. The number of carbonyl (C=O) groups excluding carboxylic acids is 2. The number of benzene rings is 1. The molecule has 0 heterocycles. The Balaban J connectivity index is 2.53. The van der Waals surface area contributed by atoms with E-state index in [0.29, 0.717) is 17.5 Å². The predicted molar refractivity (Wildman–Crippen MR) is 61.4 cm³/mol. The van der Waals surface area contributed by atoms with Crippen LogP contribution in [0.1, 0.15) is 35.2 Å². The molecule has 0 atom stereocenters. The Hall–Kier alpha value is -2.15. The molecule has 1 aromatic carbocycles. The standard InChI is InChI=1S/C13H13NO3/c1-17-13(16)7-3-6-12(15)11-5-2-4-10(8-11)9-14/h2,4-5,8H,3,6-7H2,1H3. The van der Waals surface area contributed by atoms with E-state index < -0.39 is 0 Å². The molecule has 88 valence electrons. The number of ether oxygens (including phenoxy) is 1. The highest BCUT2D eigenvalue weighted by Gasteiger charge is 2.08. The molecular weight excluding hydrogens is 218 g/mol. The molecule has 0 N–H and O–H groups in total. The van der Waals surface area contributed by atoms with Gasteiger partial charge in [0.15, 0.2) is 5.78 Å². The Morgan fingerprint density at radius 1 is 1.35 bits per heavy atom. The van der Waals surface area contributed by atoms with E-state index in [4.69, 9.17) is 5.26 Å². The van der Waals surface area contributed by atoms with Crippen LogP contribution in [0.3, 0.4) is 0 Å². The van der Waals surface area contributed by atoms with Gasteiger partial charge < -0.3 is 4.74 Å².